The van der Waals surface area contributed by atoms with Gasteiger partial charge in [0.1, 0.15) is 0 Å². The molecule has 1 aliphatic rings. The number of nitrogens with one attached hydrogen (secondary N) is 1. The first kappa shape index (κ1) is 13.9. The van der Waals surface area contributed by atoms with E-state index in [1.165, 1.54) is 19.4 Å². The second-order valence-corrected chi connectivity index (χ2v) is 4.95. The Hall–Kier alpha value is -0.120. The van der Waals surface area contributed by atoms with Crippen molar-refractivity contribution >= 4 is 0 Å². The monoisotopic (exact) mass is 228 g/mol. The van der Waals surface area contributed by atoms with E-state index in [2.05, 4.69) is 31.0 Å². The van der Waals surface area contributed by atoms with Crippen molar-refractivity contribution in [2.75, 3.05) is 33.4 Å². The highest BCUT2D eigenvalue weighted by molar-refractivity contribution is 4.87. The van der Waals surface area contributed by atoms with E-state index in [9.17, 15) is 0 Å². The molecule has 0 aliphatic carbocycles. The summed E-state index contributed by atoms with van der Waals surface area (Å²) in [5.41, 5.74) is 0. The summed E-state index contributed by atoms with van der Waals surface area (Å²) in [6.07, 6.45) is 2.48. The summed E-state index contributed by atoms with van der Waals surface area (Å²) in [7, 11) is 1.79. The Bertz CT molecular complexity index is 187. The minimum atomic E-state index is 0.657. The number of ether oxygens (including phenoxy) is 1. The Labute approximate surface area is 101 Å². The molecule has 0 radical (unpaired) electrons. The Morgan fingerprint density at radius 2 is 2.19 bits per heavy atom. The zero-order valence-corrected chi connectivity index (χ0v) is 11.3. The van der Waals surface area contributed by atoms with Crippen molar-refractivity contribution in [3.05, 3.63) is 0 Å². The smallest absolute Gasteiger partial charge is 0.0589 e. The van der Waals surface area contributed by atoms with Crippen molar-refractivity contribution in [2.45, 2.75) is 45.7 Å². The molecule has 3 heteroatoms. The summed E-state index contributed by atoms with van der Waals surface area (Å²) in [6.45, 7) is 11.1. The van der Waals surface area contributed by atoms with Crippen LogP contribution in [-0.4, -0.2) is 50.3 Å². The molecule has 0 aromatic rings. The van der Waals surface area contributed by atoms with Crippen molar-refractivity contribution in [2.24, 2.45) is 5.92 Å². The van der Waals surface area contributed by atoms with E-state index in [0.717, 1.165) is 25.6 Å². The van der Waals surface area contributed by atoms with Crippen molar-refractivity contribution in [3.63, 3.8) is 0 Å². The second-order valence-electron chi connectivity index (χ2n) is 4.95. The highest BCUT2D eigenvalue weighted by atomic mass is 16.5. The van der Waals surface area contributed by atoms with Gasteiger partial charge in [-0.15, -0.1) is 0 Å². The van der Waals surface area contributed by atoms with Crippen LogP contribution in [0.2, 0.25) is 0 Å². The van der Waals surface area contributed by atoms with Crippen molar-refractivity contribution in [1.29, 1.82) is 0 Å². The lowest BCUT2D eigenvalue weighted by Crippen LogP contribution is -2.58. The largest absolute Gasteiger partial charge is 0.383 e. The molecule has 0 saturated carbocycles. The third-order valence-corrected chi connectivity index (χ3v) is 3.95. The fourth-order valence-electron chi connectivity index (χ4n) is 2.43. The number of piperazine rings is 1. The van der Waals surface area contributed by atoms with Gasteiger partial charge in [-0.3, -0.25) is 4.90 Å². The fraction of sp³-hybridized carbons (Fsp3) is 1.00. The molecule has 0 amide bonds. The van der Waals surface area contributed by atoms with Crippen LogP contribution in [0.25, 0.3) is 0 Å². The molecule has 1 heterocycles. The highest BCUT2D eigenvalue weighted by Crippen LogP contribution is 2.16. The van der Waals surface area contributed by atoms with Gasteiger partial charge in [-0.25, -0.2) is 0 Å². The molecule has 96 valence electrons. The van der Waals surface area contributed by atoms with Crippen LogP contribution < -0.4 is 5.32 Å². The quantitative estimate of drug-likeness (QED) is 0.749. The maximum absolute atomic E-state index is 5.20. The van der Waals surface area contributed by atoms with Crippen molar-refractivity contribution in [1.82, 2.24) is 10.2 Å². The molecule has 3 unspecified atom stereocenters. The predicted molar refractivity (Wildman–Crippen MR) is 68.8 cm³/mol. The fourth-order valence-corrected chi connectivity index (χ4v) is 2.43. The van der Waals surface area contributed by atoms with Gasteiger partial charge < -0.3 is 10.1 Å². The first-order valence-corrected chi connectivity index (χ1v) is 6.69. The van der Waals surface area contributed by atoms with E-state index in [4.69, 9.17) is 4.74 Å². The highest BCUT2D eigenvalue weighted by Gasteiger charge is 2.28. The molecule has 1 N–H and O–H groups in total. The molecule has 1 saturated heterocycles. The molecular weight excluding hydrogens is 200 g/mol. The molecular formula is C13H28N2O. The molecule has 0 bridgehead atoms. The van der Waals surface area contributed by atoms with Crippen LogP contribution >= 0.6 is 0 Å². The third-order valence-electron chi connectivity index (χ3n) is 3.95. The Kier molecular flexibility index (Phi) is 6.32. The third kappa shape index (κ3) is 3.72. The summed E-state index contributed by atoms with van der Waals surface area (Å²) < 4.78 is 5.20. The van der Waals surface area contributed by atoms with Gasteiger partial charge in [0.25, 0.3) is 0 Å². The number of hydrogen-bond acceptors (Lipinski definition) is 3. The predicted octanol–water partition coefficient (Wildman–Crippen LogP) is 1.73. The molecule has 1 aliphatic heterocycles. The van der Waals surface area contributed by atoms with E-state index in [1.54, 1.807) is 7.11 Å². The van der Waals surface area contributed by atoms with Crippen molar-refractivity contribution < 1.29 is 4.74 Å². The number of methoxy groups -OCH3 is 1. The molecule has 1 fully saturated rings. The Morgan fingerprint density at radius 1 is 1.44 bits per heavy atom. The summed E-state index contributed by atoms with van der Waals surface area (Å²) in [6, 6.07) is 1.35. The van der Waals surface area contributed by atoms with Gasteiger partial charge in [0, 0.05) is 38.8 Å². The van der Waals surface area contributed by atoms with Gasteiger partial charge >= 0.3 is 0 Å². The zero-order chi connectivity index (χ0) is 12.0. The first-order valence-electron chi connectivity index (χ1n) is 6.69. The van der Waals surface area contributed by atoms with Gasteiger partial charge in [-0.1, -0.05) is 27.2 Å². The summed E-state index contributed by atoms with van der Waals surface area (Å²) in [5, 5.41) is 3.69. The van der Waals surface area contributed by atoms with Crippen LogP contribution in [0.15, 0.2) is 0 Å². The molecule has 16 heavy (non-hydrogen) atoms. The molecule has 0 spiro atoms. The van der Waals surface area contributed by atoms with Gasteiger partial charge in [0.05, 0.1) is 6.61 Å². The van der Waals surface area contributed by atoms with E-state index >= 15 is 0 Å². The number of nitrogens with zero attached hydrogens (tertiary/aromatic N) is 1. The minimum absolute atomic E-state index is 0.657. The topological polar surface area (TPSA) is 24.5 Å². The number of rotatable bonds is 6. The summed E-state index contributed by atoms with van der Waals surface area (Å²) in [4.78, 5) is 2.59. The lowest BCUT2D eigenvalue weighted by molar-refractivity contribution is 0.0728. The standard InChI is InChI=1S/C13H28N2O/c1-5-11(3)13-10-15(7-8-16-4)12(6-2)9-14-13/h11-14H,5-10H2,1-4H3. The molecule has 3 nitrogen and oxygen atoms in total. The lowest BCUT2D eigenvalue weighted by atomic mass is 9.95. The van der Waals surface area contributed by atoms with E-state index in [-0.39, 0.29) is 0 Å². The Balaban J connectivity index is 2.47. The normalized spacial score (nSPS) is 29.2. The Morgan fingerprint density at radius 3 is 2.75 bits per heavy atom. The van der Waals surface area contributed by atoms with E-state index in [1.807, 2.05) is 0 Å². The lowest BCUT2D eigenvalue weighted by Gasteiger charge is -2.42. The van der Waals surface area contributed by atoms with Gasteiger partial charge in [-0.05, 0) is 12.3 Å². The van der Waals surface area contributed by atoms with Crippen LogP contribution in [0.4, 0.5) is 0 Å². The van der Waals surface area contributed by atoms with Crippen molar-refractivity contribution in [3.8, 4) is 0 Å². The molecule has 3 atom stereocenters. The van der Waals surface area contributed by atoms with E-state index < -0.39 is 0 Å². The van der Waals surface area contributed by atoms with E-state index in [0.29, 0.717) is 12.1 Å². The van der Waals surface area contributed by atoms with Crippen LogP contribution in [0.3, 0.4) is 0 Å². The maximum Gasteiger partial charge on any atom is 0.0589 e. The summed E-state index contributed by atoms with van der Waals surface area (Å²) >= 11 is 0. The van der Waals surface area contributed by atoms with Gasteiger partial charge in [0.2, 0.25) is 0 Å². The average molecular weight is 228 g/mol. The first-order chi connectivity index (χ1) is 7.72. The molecule has 1 rings (SSSR count). The van der Waals surface area contributed by atoms with Crippen LogP contribution in [0.1, 0.15) is 33.6 Å². The second kappa shape index (κ2) is 7.25. The van der Waals surface area contributed by atoms with Crippen LogP contribution in [-0.2, 0) is 4.74 Å². The summed E-state index contributed by atoms with van der Waals surface area (Å²) in [5.74, 6) is 0.767. The average Bonchev–Trinajstić information content (AvgIpc) is 2.34. The minimum Gasteiger partial charge on any atom is -0.383 e. The van der Waals surface area contributed by atoms with Gasteiger partial charge in [0.15, 0.2) is 0 Å². The molecule has 0 aromatic carbocycles. The SMILES string of the molecule is CCC(C)C1CN(CCOC)C(CC)CN1. The molecule has 0 aromatic heterocycles. The van der Waals surface area contributed by atoms with Crippen LogP contribution in [0, 0.1) is 5.92 Å². The number of hydrogen-bond donors (Lipinski definition) is 1. The zero-order valence-electron chi connectivity index (χ0n) is 11.3. The van der Waals surface area contributed by atoms with Gasteiger partial charge in [-0.2, -0.15) is 0 Å². The maximum atomic E-state index is 5.20. The van der Waals surface area contributed by atoms with Crippen LogP contribution in [0.5, 0.6) is 0 Å².